The summed E-state index contributed by atoms with van der Waals surface area (Å²) >= 11 is 0. The Hall–Kier alpha value is -3.82. The summed E-state index contributed by atoms with van der Waals surface area (Å²) in [6, 6.07) is 2.17. The number of aromatic carboxylic acids is 3. The van der Waals surface area contributed by atoms with Gasteiger partial charge in [-0.05, 0) is 12.1 Å². The van der Waals surface area contributed by atoms with E-state index in [1.807, 2.05) is 0 Å². The Morgan fingerprint density at radius 2 is 1.62 bits per heavy atom. The number of hydrogen-bond acceptors (Lipinski definition) is 6. The zero-order valence-electron chi connectivity index (χ0n) is 13.5. The van der Waals surface area contributed by atoms with Gasteiger partial charge in [0, 0.05) is 10.8 Å². The van der Waals surface area contributed by atoms with E-state index in [2.05, 4.69) is 9.97 Å². The molecular formula is C16H12N2O8. The Kier molecular flexibility index (Phi) is 3.87. The molecule has 0 aliphatic carbocycles. The number of rotatable bonds is 5. The monoisotopic (exact) mass is 360 g/mol. The molecule has 0 amide bonds. The third-order valence-electron chi connectivity index (χ3n) is 3.84. The van der Waals surface area contributed by atoms with Gasteiger partial charge < -0.3 is 29.8 Å². The van der Waals surface area contributed by atoms with E-state index in [-0.39, 0.29) is 50.3 Å². The van der Waals surface area contributed by atoms with Crippen molar-refractivity contribution in [3.8, 4) is 11.5 Å². The summed E-state index contributed by atoms with van der Waals surface area (Å²) < 4.78 is 10.6. The SMILES string of the molecule is COc1c(OC)c2[nH]c(C(=O)O)cc(C(=O)O)c2c2nc(C(=O)O)cc12. The van der Waals surface area contributed by atoms with Crippen LogP contribution in [-0.2, 0) is 0 Å². The number of nitrogens with one attached hydrogen (secondary N) is 1. The molecular weight excluding hydrogens is 348 g/mol. The van der Waals surface area contributed by atoms with E-state index in [0.29, 0.717) is 0 Å². The minimum absolute atomic E-state index is 0.0163. The lowest BCUT2D eigenvalue weighted by atomic mass is 10.0. The lowest BCUT2D eigenvalue weighted by Gasteiger charge is -2.14. The van der Waals surface area contributed by atoms with Gasteiger partial charge in [0.1, 0.15) is 11.4 Å². The topological polar surface area (TPSA) is 159 Å². The number of aromatic amines is 1. The molecule has 0 saturated heterocycles. The Bertz CT molecular complexity index is 1100. The molecule has 0 saturated carbocycles. The smallest absolute Gasteiger partial charge is 0.354 e. The fraction of sp³-hybridized carbons (Fsp3) is 0.125. The molecule has 2 heterocycles. The van der Waals surface area contributed by atoms with Crippen molar-refractivity contribution < 1.29 is 39.2 Å². The minimum atomic E-state index is -1.40. The van der Waals surface area contributed by atoms with E-state index in [1.54, 1.807) is 0 Å². The molecule has 2 aromatic heterocycles. The molecule has 1 aromatic carbocycles. The second kappa shape index (κ2) is 5.92. The third-order valence-corrected chi connectivity index (χ3v) is 3.84. The minimum Gasteiger partial charge on any atom is -0.492 e. The molecule has 0 bridgehead atoms. The fourth-order valence-electron chi connectivity index (χ4n) is 2.81. The molecule has 4 N–H and O–H groups in total. The van der Waals surface area contributed by atoms with Gasteiger partial charge in [-0.1, -0.05) is 0 Å². The maximum atomic E-state index is 11.7. The molecule has 134 valence electrons. The summed E-state index contributed by atoms with van der Waals surface area (Å²) in [5.74, 6) is -3.95. The van der Waals surface area contributed by atoms with Gasteiger partial charge in [0.05, 0.1) is 30.8 Å². The Morgan fingerprint density at radius 1 is 0.962 bits per heavy atom. The van der Waals surface area contributed by atoms with E-state index in [4.69, 9.17) is 9.47 Å². The highest BCUT2D eigenvalue weighted by atomic mass is 16.5. The van der Waals surface area contributed by atoms with Gasteiger partial charge in [0.15, 0.2) is 11.5 Å². The van der Waals surface area contributed by atoms with E-state index < -0.39 is 17.9 Å². The molecule has 0 radical (unpaired) electrons. The highest BCUT2D eigenvalue weighted by Crippen LogP contribution is 2.44. The zero-order chi connectivity index (χ0) is 19.2. The van der Waals surface area contributed by atoms with Crippen LogP contribution >= 0.6 is 0 Å². The van der Waals surface area contributed by atoms with Crippen molar-refractivity contribution in [3.05, 3.63) is 29.1 Å². The van der Waals surface area contributed by atoms with Crippen LogP contribution in [-0.4, -0.2) is 57.4 Å². The molecule has 0 spiro atoms. The first-order valence-electron chi connectivity index (χ1n) is 7.11. The summed E-state index contributed by atoms with van der Waals surface area (Å²) in [6.07, 6.45) is 0. The highest BCUT2D eigenvalue weighted by molar-refractivity contribution is 6.19. The van der Waals surface area contributed by atoms with Crippen LogP contribution in [0.1, 0.15) is 31.3 Å². The summed E-state index contributed by atoms with van der Waals surface area (Å²) in [5.41, 5.74) is -1.01. The van der Waals surface area contributed by atoms with Gasteiger partial charge in [0.2, 0.25) is 0 Å². The van der Waals surface area contributed by atoms with Crippen LogP contribution in [0.5, 0.6) is 11.5 Å². The predicted octanol–water partition coefficient (Wildman–Crippen LogP) is 1.83. The van der Waals surface area contributed by atoms with Crippen LogP contribution < -0.4 is 9.47 Å². The number of methoxy groups -OCH3 is 2. The molecule has 0 aliphatic heterocycles. The summed E-state index contributed by atoms with van der Waals surface area (Å²) in [5, 5.41) is 28.2. The van der Waals surface area contributed by atoms with Crippen LogP contribution in [0.4, 0.5) is 0 Å². The molecule has 10 nitrogen and oxygen atoms in total. The second-order valence-corrected chi connectivity index (χ2v) is 5.23. The Morgan fingerprint density at radius 3 is 2.12 bits per heavy atom. The van der Waals surface area contributed by atoms with Crippen molar-refractivity contribution >= 4 is 39.7 Å². The van der Waals surface area contributed by atoms with Crippen molar-refractivity contribution in [2.75, 3.05) is 14.2 Å². The number of nitrogens with zero attached hydrogens (tertiary/aromatic N) is 1. The number of aromatic nitrogens is 2. The van der Waals surface area contributed by atoms with Crippen LogP contribution in [0.25, 0.3) is 21.8 Å². The zero-order valence-corrected chi connectivity index (χ0v) is 13.5. The Balaban J connectivity index is 2.65. The third kappa shape index (κ3) is 2.35. The van der Waals surface area contributed by atoms with Crippen LogP contribution in [0, 0.1) is 0 Å². The van der Waals surface area contributed by atoms with Crippen molar-refractivity contribution in [3.63, 3.8) is 0 Å². The van der Waals surface area contributed by atoms with Gasteiger partial charge in [-0.3, -0.25) is 0 Å². The average molecular weight is 360 g/mol. The fourth-order valence-corrected chi connectivity index (χ4v) is 2.81. The normalized spacial score (nSPS) is 10.8. The molecule has 3 aromatic rings. The average Bonchev–Trinajstić information content (AvgIpc) is 3.04. The lowest BCUT2D eigenvalue weighted by molar-refractivity contribution is 0.0678. The van der Waals surface area contributed by atoms with E-state index in [0.717, 1.165) is 6.07 Å². The highest BCUT2D eigenvalue weighted by Gasteiger charge is 2.26. The first kappa shape index (κ1) is 17.0. The number of hydrogen-bond donors (Lipinski definition) is 4. The number of pyridine rings is 1. The van der Waals surface area contributed by atoms with Crippen molar-refractivity contribution in [1.29, 1.82) is 0 Å². The second-order valence-electron chi connectivity index (χ2n) is 5.23. The molecule has 26 heavy (non-hydrogen) atoms. The Labute approximate surface area is 144 Å². The van der Waals surface area contributed by atoms with E-state index in [1.165, 1.54) is 20.3 Å². The quantitative estimate of drug-likeness (QED) is 0.532. The predicted molar refractivity (Wildman–Crippen MR) is 87.6 cm³/mol. The van der Waals surface area contributed by atoms with Crippen molar-refractivity contribution in [2.24, 2.45) is 0 Å². The number of carbonyl (C=O) groups is 3. The number of H-pyrrole nitrogens is 1. The van der Waals surface area contributed by atoms with Crippen LogP contribution in [0.2, 0.25) is 0 Å². The molecule has 0 unspecified atom stereocenters. The molecule has 3 rings (SSSR count). The largest absolute Gasteiger partial charge is 0.492 e. The number of benzene rings is 1. The maximum absolute atomic E-state index is 11.7. The molecule has 0 aliphatic rings. The first-order valence-corrected chi connectivity index (χ1v) is 7.11. The molecule has 0 fully saturated rings. The lowest BCUT2D eigenvalue weighted by Crippen LogP contribution is -2.08. The van der Waals surface area contributed by atoms with Gasteiger partial charge in [-0.2, -0.15) is 0 Å². The van der Waals surface area contributed by atoms with Crippen molar-refractivity contribution in [2.45, 2.75) is 0 Å². The first-order chi connectivity index (χ1) is 12.3. The number of fused-ring (bicyclic) bond motifs is 3. The van der Waals surface area contributed by atoms with Crippen molar-refractivity contribution in [1.82, 2.24) is 9.97 Å². The number of carboxylic acids is 3. The molecule has 0 atom stereocenters. The number of ether oxygens (including phenoxy) is 2. The van der Waals surface area contributed by atoms with Gasteiger partial charge in [0.25, 0.3) is 0 Å². The summed E-state index contributed by atoms with van der Waals surface area (Å²) in [6.45, 7) is 0. The van der Waals surface area contributed by atoms with Gasteiger partial charge >= 0.3 is 17.9 Å². The van der Waals surface area contributed by atoms with E-state index in [9.17, 15) is 29.7 Å². The standard InChI is InChI=1S/C16H12N2O8/c1-25-12-6-4-8(16(23)24)17-10(6)9-5(14(19)20)3-7(15(21)22)18-11(9)13(12)26-2/h3-4,18H,1-2H3,(H,19,20)(H,21,22)(H,23,24). The maximum Gasteiger partial charge on any atom is 0.354 e. The number of carboxylic acid groups (broad SMARTS) is 3. The summed E-state index contributed by atoms with van der Waals surface area (Å²) in [7, 11) is 2.61. The van der Waals surface area contributed by atoms with Gasteiger partial charge in [-0.15, -0.1) is 0 Å². The summed E-state index contributed by atoms with van der Waals surface area (Å²) in [4.78, 5) is 40.9. The van der Waals surface area contributed by atoms with Crippen LogP contribution in [0.3, 0.4) is 0 Å². The van der Waals surface area contributed by atoms with Crippen LogP contribution in [0.15, 0.2) is 12.1 Å². The van der Waals surface area contributed by atoms with Gasteiger partial charge in [-0.25, -0.2) is 19.4 Å². The van der Waals surface area contributed by atoms with E-state index >= 15 is 0 Å². The molecule has 10 heteroatoms.